The van der Waals surface area contributed by atoms with Gasteiger partial charge in [0, 0.05) is 11.3 Å². The molecule has 0 aliphatic heterocycles. The van der Waals surface area contributed by atoms with Gasteiger partial charge in [-0.05, 0) is 107 Å². The quantitative estimate of drug-likeness (QED) is 0.107. The molecule has 0 unspecified atom stereocenters. The number of hydrogen-bond acceptors (Lipinski definition) is 1. The van der Waals surface area contributed by atoms with Gasteiger partial charge in [-0.25, -0.2) is 0 Å². The van der Waals surface area contributed by atoms with Gasteiger partial charge in [-0.15, -0.1) is 0 Å². The van der Waals surface area contributed by atoms with E-state index in [9.17, 15) is 0 Å². The van der Waals surface area contributed by atoms with Crippen LogP contribution in [-0.2, 0) is 6.42 Å². The van der Waals surface area contributed by atoms with Crippen LogP contribution in [0.3, 0.4) is 0 Å². The van der Waals surface area contributed by atoms with Crippen molar-refractivity contribution < 1.29 is 0 Å². The smallest absolute Gasteiger partial charge is 0.0576 e. The minimum absolute atomic E-state index is 0.623. The van der Waals surface area contributed by atoms with Gasteiger partial charge in [0.2, 0.25) is 0 Å². The van der Waals surface area contributed by atoms with E-state index in [4.69, 9.17) is 4.99 Å². The summed E-state index contributed by atoms with van der Waals surface area (Å²) >= 11 is 0. The number of allylic oxidation sites excluding steroid dienone is 4. The molecule has 0 aliphatic rings. The molecule has 0 fully saturated rings. The van der Waals surface area contributed by atoms with E-state index in [0.29, 0.717) is 6.54 Å². The van der Waals surface area contributed by atoms with Crippen molar-refractivity contribution in [1.82, 2.24) is 0 Å². The van der Waals surface area contributed by atoms with Gasteiger partial charge in [0.05, 0.1) is 6.54 Å². The third-order valence-corrected chi connectivity index (χ3v) is 9.31. The van der Waals surface area contributed by atoms with Crippen LogP contribution in [0.1, 0.15) is 41.7 Å². The van der Waals surface area contributed by atoms with Gasteiger partial charge in [0.25, 0.3) is 0 Å². The summed E-state index contributed by atoms with van der Waals surface area (Å²) in [6.45, 7) is 13.0. The Kier molecular flexibility index (Phi) is 11.9. The molecule has 0 atom stereocenters. The summed E-state index contributed by atoms with van der Waals surface area (Å²) in [6.07, 6.45) is 9.09. The van der Waals surface area contributed by atoms with E-state index in [1.807, 2.05) is 43.4 Å². The number of aryl methyl sites for hydroxylation is 2. The molecule has 0 saturated heterocycles. The molecule has 0 amide bonds. The first-order chi connectivity index (χ1) is 25.4. The average Bonchev–Trinajstić information content (AvgIpc) is 3.16. The lowest BCUT2D eigenvalue weighted by Crippen LogP contribution is -2.02. The summed E-state index contributed by atoms with van der Waals surface area (Å²) in [5, 5.41) is 4.98. The zero-order valence-electron chi connectivity index (χ0n) is 30.8. The number of aliphatic imine (C=N–C) groups is 1. The van der Waals surface area contributed by atoms with E-state index in [1.165, 1.54) is 71.6 Å². The van der Waals surface area contributed by atoms with Gasteiger partial charge < -0.3 is 0 Å². The van der Waals surface area contributed by atoms with Crippen LogP contribution in [0.15, 0.2) is 193 Å². The summed E-state index contributed by atoms with van der Waals surface area (Å²) in [6, 6.07) is 54.6. The van der Waals surface area contributed by atoms with Crippen molar-refractivity contribution in [3.8, 4) is 22.3 Å². The van der Waals surface area contributed by atoms with Crippen molar-refractivity contribution >= 4 is 27.3 Å². The summed E-state index contributed by atoms with van der Waals surface area (Å²) in [4.78, 5) is 5.00. The van der Waals surface area contributed by atoms with Crippen LogP contribution in [0.2, 0.25) is 0 Å². The van der Waals surface area contributed by atoms with Crippen LogP contribution in [0, 0.1) is 13.8 Å². The highest BCUT2D eigenvalue weighted by Crippen LogP contribution is 2.36. The number of hydrogen-bond donors (Lipinski definition) is 0. The molecule has 0 saturated carbocycles. The molecule has 0 heterocycles. The standard InChI is InChI=1S/C44H39N.C7H8/c1-31(2)13-7-6-12-26-45-33(4)44-41-17-11-10-16-36(41)24-25-42(44)43-30-40(20-18-32(43)3)39-23-22-37-28-35(19-21-38(37)29-39)27-34-14-8-5-9-15-34;1-7-5-3-2-4-6-7/h5-25,28-30H,1,26-27H2,2-4H3;2-6H,1H3/b12-6-,13-7-,45-33?;. The van der Waals surface area contributed by atoms with E-state index in [2.05, 4.69) is 167 Å². The van der Waals surface area contributed by atoms with Crippen molar-refractivity contribution in [2.24, 2.45) is 4.99 Å². The first kappa shape index (κ1) is 35.8. The van der Waals surface area contributed by atoms with Gasteiger partial charge >= 0.3 is 0 Å². The maximum Gasteiger partial charge on any atom is 0.0576 e. The third-order valence-electron chi connectivity index (χ3n) is 9.31. The topological polar surface area (TPSA) is 12.4 Å². The monoisotopic (exact) mass is 673 g/mol. The van der Waals surface area contributed by atoms with E-state index >= 15 is 0 Å². The van der Waals surface area contributed by atoms with E-state index in [-0.39, 0.29) is 0 Å². The Morgan fingerprint density at radius 3 is 1.98 bits per heavy atom. The largest absolute Gasteiger partial charge is 0.285 e. The lowest BCUT2D eigenvalue weighted by Gasteiger charge is -2.17. The van der Waals surface area contributed by atoms with Crippen molar-refractivity contribution in [2.75, 3.05) is 6.54 Å². The molecule has 1 nitrogen and oxygen atoms in total. The Morgan fingerprint density at radius 1 is 0.577 bits per heavy atom. The second-order valence-corrected chi connectivity index (χ2v) is 13.5. The van der Waals surface area contributed by atoms with Crippen LogP contribution in [-0.4, -0.2) is 12.3 Å². The Balaban J connectivity index is 0.000000594. The van der Waals surface area contributed by atoms with Gasteiger partial charge in [-0.2, -0.15) is 0 Å². The minimum Gasteiger partial charge on any atom is -0.285 e. The van der Waals surface area contributed by atoms with E-state index < -0.39 is 0 Å². The summed E-state index contributed by atoms with van der Waals surface area (Å²) in [5.41, 5.74) is 13.4. The maximum absolute atomic E-state index is 5.00. The first-order valence-electron chi connectivity index (χ1n) is 18.1. The van der Waals surface area contributed by atoms with Gasteiger partial charge in [-0.1, -0.05) is 182 Å². The molecule has 0 radical (unpaired) electrons. The molecular formula is C51H47N. The highest BCUT2D eigenvalue weighted by Gasteiger charge is 2.15. The summed E-state index contributed by atoms with van der Waals surface area (Å²) in [5.74, 6) is 0. The number of rotatable bonds is 9. The SMILES string of the molecule is C=C(C)/C=C\C=C/CN=C(C)c1c(-c2cc(-c3ccc4cc(Cc5ccccc5)ccc4c3)ccc2C)ccc2ccccc12.Cc1ccccc1. The molecule has 52 heavy (non-hydrogen) atoms. The molecule has 7 aromatic rings. The average molecular weight is 674 g/mol. The number of nitrogens with zero attached hydrogens (tertiary/aromatic N) is 1. The van der Waals surface area contributed by atoms with Crippen LogP contribution in [0.4, 0.5) is 0 Å². The molecule has 0 N–H and O–H groups in total. The molecule has 0 spiro atoms. The predicted molar refractivity (Wildman–Crippen MR) is 228 cm³/mol. The number of benzene rings is 7. The second-order valence-electron chi connectivity index (χ2n) is 13.5. The lowest BCUT2D eigenvalue weighted by molar-refractivity contribution is 1.20. The van der Waals surface area contributed by atoms with E-state index in [1.54, 1.807) is 0 Å². The van der Waals surface area contributed by atoms with Crippen LogP contribution in [0.25, 0.3) is 43.8 Å². The minimum atomic E-state index is 0.623. The fourth-order valence-electron chi connectivity index (χ4n) is 6.56. The maximum atomic E-state index is 5.00. The first-order valence-corrected chi connectivity index (χ1v) is 18.1. The van der Waals surface area contributed by atoms with E-state index in [0.717, 1.165) is 17.7 Å². The summed E-state index contributed by atoms with van der Waals surface area (Å²) in [7, 11) is 0. The Hall–Kier alpha value is -6.05. The van der Waals surface area contributed by atoms with Crippen molar-refractivity contribution in [3.63, 3.8) is 0 Å². The molecule has 256 valence electrons. The second kappa shape index (κ2) is 17.2. The number of fused-ring (bicyclic) bond motifs is 2. The van der Waals surface area contributed by atoms with Crippen LogP contribution in [0.5, 0.6) is 0 Å². The highest BCUT2D eigenvalue weighted by atomic mass is 14.7. The highest BCUT2D eigenvalue weighted by molar-refractivity contribution is 6.15. The normalized spacial score (nSPS) is 11.7. The Morgan fingerprint density at radius 2 is 1.23 bits per heavy atom. The predicted octanol–water partition coefficient (Wildman–Crippen LogP) is 13.7. The zero-order valence-corrected chi connectivity index (χ0v) is 30.8. The van der Waals surface area contributed by atoms with Gasteiger partial charge in [-0.3, -0.25) is 4.99 Å². The molecular weight excluding hydrogens is 627 g/mol. The van der Waals surface area contributed by atoms with Crippen LogP contribution >= 0.6 is 0 Å². The molecule has 0 bridgehead atoms. The molecule has 0 aliphatic carbocycles. The van der Waals surface area contributed by atoms with Crippen molar-refractivity contribution in [2.45, 2.75) is 34.1 Å². The zero-order chi connectivity index (χ0) is 36.3. The molecule has 0 aromatic heterocycles. The molecule has 7 rings (SSSR count). The van der Waals surface area contributed by atoms with Crippen LogP contribution < -0.4 is 0 Å². The molecule has 7 aromatic carbocycles. The Labute approximate surface area is 310 Å². The molecule has 1 heteroatoms. The fraction of sp³-hybridized carbons (Fsp3) is 0.118. The lowest BCUT2D eigenvalue weighted by atomic mass is 9.88. The fourth-order valence-corrected chi connectivity index (χ4v) is 6.56. The Bertz CT molecular complexity index is 2390. The summed E-state index contributed by atoms with van der Waals surface area (Å²) < 4.78 is 0. The van der Waals surface area contributed by atoms with Gasteiger partial charge in [0.15, 0.2) is 0 Å². The van der Waals surface area contributed by atoms with Gasteiger partial charge in [0.1, 0.15) is 0 Å². The van der Waals surface area contributed by atoms with Crippen molar-refractivity contribution in [1.29, 1.82) is 0 Å². The van der Waals surface area contributed by atoms with Crippen molar-refractivity contribution in [3.05, 3.63) is 216 Å². The third kappa shape index (κ3) is 9.19.